The van der Waals surface area contributed by atoms with Gasteiger partial charge in [0.25, 0.3) is 5.56 Å². The van der Waals surface area contributed by atoms with Crippen LogP contribution < -0.4 is 10.5 Å². The molecule has 3 aromatic carbocycles. The van der Waals surface area contributed by atoms with Crippen LogP contribution in [0.15, 0.2) is 77.9 Å². The number of likely N-dealkylation sites (N-methyl/N-ethyl adjacent to an activating group) is 1. The van der Waals surface area contributed by atoms with E-state index in [1.54, 1.807) is 23.1 Å². The largest absolute Gasteiger partial charge is 0.311 e. The molecule has 1 heterocycles. The topological polar surface area (TPSA) is 55.2 Å². The number of anilines is 1. The first-order valence-electron chi connectivity index (χ1n) is 8.90. The normalized spacial score (nSPS) is 11.0. The van der Waals surface area contributed by atoms with Crippen LogP contribution in [0.4, 0.5) is 5.69 Å². The summed E-state index contributed by atoms with van der Waals surface area (Å²) in [6.45, 7) is 2.40. The molecule has 0 unspecified atom stereocenters. The summed E-state index contributed by atoms with van der Waals surface area (Å²) in [5.41, 5.74) is 1.25. The second-order valence-electron chi connectivity index (χ2n) is 6.36. The molecule has 4 aromatic rings. The third kappa shape index (κ3) is 3.19. The average Bonchev–Trinajstić information content (AvgIpc) is 2.71. The lowest BCUT2D eigenvalue weighted by molar-refractivity contribution is -0.119. The Kier molecular flexibility index (Phi) is 4.42. The number of benzene rings is 3. The van der Waals surface area contributed by atoms with Gasteiger partial charge in [0.1, 0.15) is 6.54 Å². The number of carbonyl (C=O) groups is 1. The smallest absolute Gasteiger partial charge is 0.261 e. The van der Waals surface area contributed by atoms with Crippen LogP contribution in [0, 0.1) is 0 Å². The van der Waals surface area contributed by atoms with Gasteiger partial charge in [-0.2, -0.15) is 0 Å². The minimum absolute atomic E-state index is 0.0443. The first-order valence-corrected chi connectivity index (χ1v) is 8.90. The quantitative estimate of drug-likeness (QED) is 0.561. The molecule has 0 bridgehead atoms. The van der Waals surface area contributed by atoms with E-state index in [1.807, 2.05) is 55.5 Å². The minimum Gasteiger partial charge on any atom is -0.311 e. The number of aromatic nitrogens is 2. The van der Waals surface area contributed by atoms with Crippen LogP contribution in [0.2, 0.25) is 0 Å². The fourth-order valence-electron chi connectivity index (χ4n) is 3.30. The van der Waals surface area contributed by atoms with E-state index in [-0.39, 0.29) is 18.0 Å². The van der Waals surface area contributed by atoms with Crippen LogP contribution in [0.1, 0.15) is 6.92 Å². The fourth-order valence-corrected chi connectivity index (χ4v) is 3.30. The van der Waals surface area contributed by atoms with E-state index in [9.17, 15) is 9.59 Å². The Balaban J connectivity index is 1.66. The highest BCUT2D eigenvalue weighted by Crippen LogP contribution is 2.22. The Morgan fingerprint density at radius 3 is 2.56 bits per heavy atom. The Bertz CT molecular complexity index is 1200. The van der Waals surface area contributed by atoms with Gasteiger partial charge in [0, 0.05) is 12.2 Å². The van der Waals surface area contributed by atoms with E-state index in [4.69, 9.17) is 0 Å². The van der Waals surface area contributed by atoms with Crippen molar-refractivity contribution in [3.8, 4) is 0 Å². The summed E-state index contributed by atoms with van der Waals surface area (Å²) >= 11 is 0. The van der Waals surface area contributed by atoms with Crippen LogP contribution in [0.25, 0.3) is 21.7 Å². The highest BCUT2D eigenvalue weighted by atomic mass is 16.2. The van der Waals surface area contributed by atoms with E-state index in [2.05, 4.69) is 4.98 Å². The third-order valence-electron chi connectivity index (χ3n) is 4.70. The monoisotopic (exact) mass is 357 g/mol. The standard InChI is InChI=1S/C22H19N3O2/c1-2-25(18-12-11-16-7-3-4-8-17(16)13-18)21(26)14-24-15-23-20-10-6-5-9-19(20)22(24)27/h3-13,15H,2,14H2,1H3. The van der Waals surface area contributed by atoms with Gasteiger partial charge >= 0.3 is 0 Å². The number of rotatable bonds is 4. The fraction of sp³-hybridized carbons (Fsp3) is 0.136. The molecule has 0 N–H and O–H groups in total. The number of nitrogens with zero attached hydrogens (tertiary/aromatic N) is 3. The number of para-hydroxylation sites is 1. The maximum Gasteiger partial charge on any atom is 0.261 e. The summed E-state index contributed by atoms with van der Waals surface area (Å²) in [5.74, 6) is -0.146. The van der Waals surface area contributed by atoms with E-state index in [0.717, 1.165) is 16.5 Å². The Morgan fingerprint density at radius 1 is 1.00 bits per heavy atom. The third-order valence-corrected chi connectivity index (χ3v) is 4.70. The molecule has 5 heteroatoms. The average molecular weight is 357 g/mol. The summed E-state index contributed by atoms with van der Waals surface area (Å²) in [5, 5.41) is 2.71. The molecule has 0 saturated carbocycles. The van der Waals surface area contributed by atoms with Crippen LogP contribution in [-0.4, -0.2) is 22.0 Å². The van der Waals surface area contributed by atoms with Crippen molar-refractivity contribution in [3.05, 3.63) is 83.4 Å². The highest BCUT2D eigenvalue weighted by molar-refractivity contribution is 5.96. The molecule has 0 spiro atoms. The van der Waals surface area contributed by atoms with Crippen LogP contribution in [0.3, 0.4) is 0 Å². The van der Waals surface area contributed by atoms with E-state index >= 15 is 0 Å². The van der Waals surface area contributed by atoms with Gasteiger partial charge in [-0.1, -0.05) is 42.5 Å². The molecule has 0 fully saturated rings. The first-order chi connectivity index (χ1) is 13.2. The molecule has 5 nitrogen and oxygen atoms in total. The molecule has 0 aliphatic heterocycles. The highest BCUT2D eigenvalue weighted by Gasteiger charge is 2.16. The molecule has 27 heavy (non-hydrogen) atoms. The van der Waals surface area contributed by atoms with Crippen molar-refractivity contribution in [2.45, 2.75) is 13.5 Å². The molecule has 0 aliphatic carbocycles. The maximum atomic E-state index is 12.9. The zero-order valence-corrected chi connectivity index (χ0v) is 15.0. The van der Waals surface area contributed by atoms with Gasteiger partial charge in [0.05, 0.1) is 17.2 Å². The van der Waals surface area contributed by atoms with Gasteiger partial charge < -0.3 is 4.90 Å². The maximum absolute atomic E-state index is 12.9. The van der Waals surface area contributed by atoms with Gasteiger partial charge in [0.2, 0.25) is 5.91 Å². The van der Waals surface area contributed by atoms with Crippen LogP contribution in [0.5, 0.6) is 0 Å². The van der Waals surface area contributed by atoms with Crippen molar-refractivity contribution in [2.24, 2.45) is 0 Å². The van der Waals surface area contributed by atoms with E-state index < -0.39 is 0 Å². The SMILES string of the molecule is CCN(C(=O)Cn1cnc2ccccc2c1=O)c1ccc2ccccc2c1. The van der Waals surface area contributed by atoms with Gasteiger partial charge in [-0.3, -0.25) is 14.2 Å². The van der Waals surface area contributed by atoms with Gasteiger partial charge in [0.15, 0.2) is 0 Å². The molecule has 4 rings (SSSR count). The molecule has 0 radical (unpaired) electrons. The van der Waals surface area contributed by atoms with Gasteiger partial charge in [-0.15, -0.1) is 0 Å². The number of hydrogen-bond acceptors (Lipinski definition) is 3. The molecule has 0 atom stereocenters. The summed E-state index contributed by atoms with van der Waals surface area (Å²) in [4.78, 5) is 31.5. The minimum atomic E-state index is -0.205. The molecule has 0 saturated heterocycles. The number of amides is 1. The van der Waals surface area contributed by atoms with Crippen molar-refractivity contribution in [2.75, 3.05) is 11.4 Å². The Hall–Kier alpha value is -3.47. The predicted molar refractivity (Wildman–Crippen MR) is 108 cm³/mol. The van der Waals surface area contributed by atoms with E-state index in [1.165, 1.54) is 10.9 Å². The second-order valence-corrected chi connectivity index (χ2v) is 6.36. The summed E-state index contributed by atoms with van der Waals surface area (Å²) in [6, 6.07) is 21.1. The van der Waals surface area contributed by atoms with Gasteiger partial charge in [-0.25, -0.2) is 4.98 Å². The molecular weight excluding hydrogens is 338 g/mol. The van der Waals surface area contributed by atoms with Gasteiger partial charge in [-0.05, 0) is 42.0 Å². The lowest BCUT2D eigenvalue weighted by Crippen LogP contribution is -2.36. The van der Waals surface area contributed by atoms with E-state index in [0.29, 0.717) is 17.4 Å². The molecule has 1 aromatic heterocycles. The number of fused-ring (bicyclic) bond motifs is 2. The summed E-state index contributed by atoms with van der Waals surface area (Å²) in [6.07, 6.45) is 1.44. The molecular formula is C22H19N3O2. The zero-order chi connectivity index (χ0) is 18.8. The summed E-state index contributed by atoms with van der Waals surface area (Å²) in [7, 11) is 0. The molecule has 0 aliphatic rings. The van der Waals surface area contributed by atoms with Crippen molar-refractivity contribution >= 4 is 33.3 Å². The molecule has 134 valence electrons. The first kappa shape index (κ1) is 17.0. The predicted octanol–water partition coefficient (Wildman–Crippen LogP) is 3.60. The molecule has 1 amide bonds. The lowest BCUT2D eigenvalue weighted by atomic mass is 10.1. The second kappa shape index (κ2) is 7.03. The van der Waals surface area contributed by atoms with Crippen molar-refractivity contribution < 1.29 is 4.79 Å². The van der Waals surface area contributed by atoms with Crippen LogP contribution in [-0.2, 0) is 11.3 Å². The Morgan fingerprint density at radius 2 is 1.74 bits per heavy atom. The Labute approximate surface area is 156 Å². The lowest BCUT2D eigenvalue weighted by Gasteiger charge is -2.22. The van der Waals surface area contributed by atoms with Crippen molar-refractivity contribution in [1.29, 1.82) is 0 Å². The van der Waals surface area contributed by atoms with Crippen LogP contribution >= 0.6 is 0 Å². The van der Waals surface area contributed by atoms with Crippen molar-refractivity contribution in [1.82, 2.24) is 9.55 Å². The number of carbonyl (C=O) groups excluding carboxylic acids is 1. The summed E-state index contributed by atoms with van der Waals surface area (Å²) < 4.78 is 1.37. The number of hydrogen-bond donors (Lipinski definition) is 0. The van der Waals surface area contributed by atoms with Crippen molar-refractivity contribution in [3.63, 3.8) is 0 Å². The zero-order valence-electron chi connectivity index (χ0n) is 15.0.